The van der Waals surface area contributed by atoms with Crippen LogP contribution in [-0.2, 0) is 12.8 Å². The normalized spacial score (nSPS) is 21.2. The first-order valence-corrected chi connectivity index (χ1v) is 13.0. The Kier molecular flexibility index (Phi) is 6.12. The summed E-state index contributed by atoms with van der Waals surface area (Å²) in [6, 6.07) is 14.7. The van der Waals surface area contributed by atoms with E-state index in [4.69, 9.17) is 0 Å². The Hall–Kier alpha value is -3.82. The molecule has 1 saturated heterocycles. The zero-order valence-electron chi connectivity index (χ0n) is 21.4. The Morgan fingerprint density at radius 3 is 2.61 bits per heavy atom. The number of carbonyl (C=O) groups excluding carboxylic acids is 1. The molecule has 8 nitrogen and oxygen atoms in total. The fourth-order valence-corrected chi connectivity index (χ4v) is 5.62. The molecule has 2 N–H and O–H groups in total. The summed E-state index contributed by atoms with van der Waals surface area (Å²) in [4.78, 5) is 21.9. The SMILES string of the molecule is CCc1cc(C(=O)N2CCc3ccccc3[C@H]2C)nn2cc(-c3ccc(N4C[C@H](O)[C@@H](O)C4)cc3F)nc12. The molecule has 9 heteroatoms. The first kappa shape index (κ1) is 24.5. The zero-order valence-corrected chi connectivity index (χ0v) is 21.4. The summed E-state index contributed by atoms with van der Waals surface area (Å²) < 4.78 is 16.8. The third kappa shape index (κ3) is 4.12. The fourth-order valence-electron chi connectivity index (χ4n) is 5.62. The van der Waals surface area contributed by atoms with E-state index in [0.717, 1.165) is 17.5 Å². The maximum absolute atomic E-state index is 15.2. The summed E-state index contributed by atoms with van der Waals surface area (Å²) >= 11 is 0. The van der Waals surface area contributed by atoms with Crippen molar-refractivity contribution in [3.05, 3.63) is 82.9 Å². The van der Waals surface area contributed by atoms with Crippen molar-refractivity contribution in [2.45, 2.75) is 44.9 Å². The molecule has 0 aliphatic carbocycles. The Morgan fingerprint density at radius 1 is 1.11 bits per heavy atom. The first-order chi connectivity index (χ1) is 18.3. The standard InChI is InChI=1S/C29H30FN5O3/c1-3-18-12-24(29(38)34-11-10-19-6-4-5-7-21(19)17(34)2)32-35-14-25(31-28(18)35)22-9-8-20(13-23(22)30)33-15-26(36)27(37)16-33/h4-9,12-14,17,26-27,36-37H,3,10-11,15-16H2,1-2H3/t17-,26+,27+/m1/s1. The fraction of sp³-hybridized carbons (Fsp3) is 0.345. The topological polar surface area (TPSA) is 94.2 Å². The van der Waals surface area contributed by atoms with Crippen LogP contribution in [0.5, 0.6) is 0 Å². The molecule has 0 unspecified atom stereocenters. The summed E-state index contributed by atoms with van der Waals surface area (Å²) in [5.41, 5.74) is 5.53. The van der Waals surface area contributed by atoms with Crippen molar-refractivity contribution in [1.82, 2.24) is 19.5 Å². The lowest BCUT2D eigenvalue weighted by atomic mass is 9.93. The molecule has 0 bridgehead atoms. The average molecular weight is 516 g/mol. The minimum atomic E-state index is -0.853. The number of β-amino-alcohol motifs (C(OH)–C–C–N with tert-alkyl or cyclic N) is 2. The number of rotatable bonds is 4. The van der Waals surface area contributed by atoms with Crippen LogP contribution in [0.4, 0.5) is 10.1 Å². The smallest absolute Gasteiger partial charge is 0.274 e. The molecule has 1 amide bonds. The molecule has 38 heavy (non-hydrogen) atoms. The van der Waals surface area contributed by atoms with Gasteiger partial charge in [-0.15, -0.1) is 0 Å². The molecule has 0 radical (unpaired) electrons. The number of nitrogens with zero attached hydrogens (tertiary/aromatic N) is 5. The quantitative estimate of drug-likeness (QED) is 0.433. The van der Waals surface area contributed by atoms with Crippen LogP contribution < -0.4 is 4.90 Å². The van der Waals surface area contributed by atoms with Crippen molar-refractivity contribution >= 4 is 17.2 Å². The van der Waals surface area contributed by atoms with Crippen LogP contribution in [0.15, 0.2) is 54.7 Å². The van der Waals surface area contributed by atoms with Gasteiger partial charge in [0.2, 0.25) is 0 Å². The number of benzene rings is 2. The van der Waals surface area contributed by atoms with Crippen LogP contribution in [0.2, 0.25) is 0 Å². The minimum absolute atomic E-state index is 0.0567. The molecule has 1 fully saturated rings. The number of hydrogen-bond acceptors (Lipinski definition) is 6. The molecule has 2 aromatic carbocycles. The maximum Gasteiger partial charge on any atom is 0.274 e. The second kappa shape index (κ2) is 9.49. The van der Waals surface area contributed by atoms with E-state index in [-0.39, 0.29) is 25.0 Å². The number of anilines is 1. The van der Waals surface area contributed by atoms with Crippen molar-refractivity contribution in [3.63, 3.8) is 0 Å². The molecule has 196 valence electrons. The average Bonchev–Trinajstić information content (AvgIpc) is 3.50. The number of carbonyl (C=O) groups is 1. The Bertz CT molecular complexity index is 1530. The predicted octanol–water partition coefficient (Wildman–Crippen LogP) is 3.40. The molecule has 0 saturated carbocycles. The molecular formula is C29H30FN5O3. The summed E-state index contributed by atoms with van der Waals surface area (Å²) in [5.74, 6) is -0.596. The molecule has 4 aromatic rings. The van der Waals surface area contributed by atoms with Gasteiger partial charge < -0.3 is 20.0 Å². The van der Waals surface area contributed by atoms with E-state index in [1.807, 2.05) is 30.9 Å². The van der Waals surface area contributed by atoms with Crippen molar-refractivity contribution in [3.8, 4) is 11.3 Å². The van der Waals surface area contributed by atoms with Gasteiger partial charge in [-0.1, -0.05) is 31.2 Å². The van der Waals surface area contributed by atoms with E-state index < -0.39 is 18.0 Å². The summed E-state index contributed by atoms with van der Waals surface area (Å²) in [6.45, 7) is 5.15. The number of aliphatic hydroxyl groups excluding tert-OH is 2. The van der Waals surface area contributed by atoms with E-state index in [1.54, 1.807) is 33.8 Å². The lowest BCUT2D eigenvalue weighted by Crippen LogP contribution is -2.39. The second-order valence-electron chi connectivity index (χ2n) is 10.1. The number of aryl methyl sites for hydroxylation is 1. The van der Waals surface area contributed by atoms with Crippen LogP contribution in [0.3, 0.4) is 0 Å². The van der Waals surface area contributed by atoms with Gasteiger partial charge in [0, 0.05) is 30.9 Å². The van der Waals surface area contributed by atoms with Gasteiger partial charge in [-0.3, -0.25) is 4.79 Å². The first-order valence-electron chi connectivity index (χ1n) is 13.0. The molecular weight excluding hydrogens is 485 g/mol. The zero-order chi connectivity index (χ0) is 26.6. The number of imidazole rings is 1. The highest BCUT2D eigenvalue weighted by Gasteiger charge is 2.31. The summed E-state index contributed by atoms with van der Waals surface area (Å²) in [5, 5.41) is 24.3. The molecule has 0 spiro atoms. The van der Waals surface area contributed by atoms with Crippen molar-refractivity contribution < 1.29 is 19.4 Å². The second-order valence-corrected chi connectivity index (χ2v) is 10.1. The number of hydrogen-bond donors (Lipinski definition) is 2. The Balaban J connectivity index is 1.32. The molecule has 2 aromatic heterocycles. The van der Waals surface area contributed by atoms with Gasteiger partial charge in [-0.2, -0.15) is 5.10 Å². The van der Waals surface area contributed by atoms with Crippen molar-refractivity contribution in [2.24, 2.45) is 0 Å². The van der Waals surface area contributed by atoms with E-state index in [0.29, 0.717) is 41.3 Å². The number of amides is 1. The number of fused-ring (bicyclic) bond motifs is 2. The third-order valence-corrected chi connectivity index (χ3v) is 7.81. The van der Waals surface area contributed by atoms with Crippen molar-refractivity contribution in [1.29, 1.82) is 0 Å². The van der Waals surface area contributed by atoms with Gasteiger partial charge in [-0.05, 0) is 60.7 Å². The van der Waals surface area contributed by atoms with Crippen LogP contribution in [0.25, 0.3) is 16.9 Å². The summed E-state index contributed by atoms with van der Waals surface area (Å²) in [7, 11) is 0. The number of halogens is 1. The van der Waals surface area contributed by atoms with Gasteiger partial charge in [0.15, 0.2) is 5.65 Å². The number of aliphatic hydroxyl groups is 2. The van der Waals surface area contributed by atoms with Crippen LogP contribution >= 0.6 is 0 Å². The highest BCUT2D eigenvalue weighted by atomic mass is 19.1. The van der Waals surface area contributed by atoms with Gasteiger partial charge in [0.25, 0.3) is 5.91 Å². The number of aromatic nitrogens is 3. The van der Waals surface area contributed by atoms with Gasteiger partial charge in [0.05, 0.1) is 30.1 Å². The molecule has 2 aliphatic rings. The lowest BCUT2D eigenvalue weighted by Gasteiger charge is -2.35. The predicted molar refractivity (Wildman–Crippen MR) is 142 cm³/mol. The molecule has 2 aliphatic heterocycles. The van der Waals surface area contributed by atoms with Gasteiger partial charge in [0.1, 0.15) is 11.5 Å². The van der Waals surface area contributed by atoms with Crippen LogP contribution in [-0.4, -0.2) is 67.5 Å². The minimum Gasteiger partial charge on any atom is -0.389 e. The largest absolute Gasteiger partial charge is 0.389 e. The van der Waals surface area contributed by atoms with Gasteiger partial charge in [-0.25, -0.2) is 13.9 Å². The van der Waals surface area contributed by atoms with Crippen LogP contribution in [0, 0.1) is 5.82 Å². The Morgan fingerprint density at radius 2 is 1.87 bits per heavy atom. The lowest BCUT2D eigenvalue weighted by molar-refractivity contribution is 0.0572. The van der Waals surface area contributed by atoms with E-state index in [2.05, 4.69) is 22.2 Å². The van der Waals surface area contributed by atoms with E-state index in [1.165, 1.54) is 11.6 Å². The molecule has 4 heterocycles. The van der Waals surface area contributed by atoms with Crippen molar-refractivity contribution in [2.75, 3.05) is 24.5 Å². The maximum atomic E-state index is 15.2. The highest BCUT2D eigenvalue weighted by Crippen LogP contribution is 2.32. The molecule has 3 atom stereocenters. The third-order valence-electron chi connectivity index (χ3n) is 7.81. The summed E-state index contributed by atoms with van der Waals surface area (Å²) in [6.07, 6.45) is 1.39. The monoisotopic (exact) mass is 515 g/mol. The molecule has 6 rings (SSSR count). The van der Waals surface area contributed by atoms with E-state index >= 15 is 4.39 Å². The van der Waals surface area contributed by atoms with Gasteiger partial charge >= 0.3 is 0 Å². The van der Waals surface area contributed by atoms with Crippen LogP contribution in [0.1, 0.15) is 47.1 Å². The van der Waals surface area contributed by atoms with E-state index in [9.17, 15) is 15.0 Å². The highest BCUT2D eigenvalue weighted by molar-refractivity contribution is 5.93. The Labute approximate surface area is 220 Å².